The smallest absolute Gasteiger partial charge is 0.206 e. The number of hydrogen-bond donors (Lipinski definition) is 1. The molecule has 0 amide bonds. The van der Waals surface area contributed by atoms with Gasteiger partial charge in [-0.2, -0.15) is 0 Å². The van der Waals surface area contributed by atoms with Gasteiger partial charge in [0.1, 0.15) is 0 Å². The third-order valence-electron chi connectivity index (χ3n) is 1.99. The first-order valence-electron chi connectivity index (χ1n) is 4.23. The third kappa shape index (κ3) is 1.68. The number of aromatic nitrogens is 1. The monoisotopic (exact) mass is 214 g/mol. The molecule has 1 aromatic rings. The molecule has 1 aromatic heterocycles. The highest BCUT2D eigenvalue weighted by molar-refractivity contribution is 7.19. The van der Waals surface area contributed by atoms with E-state index in [1.54, 1.807) is 0 Å². The summed E-state index contributed by atoms with van der Waals surface area (Å²) >= 11 is 1.22. The zero-order chi connectivity index (χ0) is 9.97. The molecule has 1 saturated heterocycles. The van der Waals surface area contributed by atoms with Crippen LogP contribution in [-0.2, 0) is 4.74 Å². The molecule has 0 spiro atoms. The summed E-state index contributed by atoms with van der Waals surface area (Å²) in [6.07, 6.45) is 0. The molecule has 2 N–H and O–H groups in total. The van der Waals surface area contributed by atoms with Crippen LogP contribution in [0.3, 0.4) is 0 Å². The van der Waals surface area contributed by atoms with Crippen molar-refractivity contribution in [1.82, 2.24) is 4.98 Å². The zero-order valence-corrected chi connectivity index (χ0v) is 8.29. The van der Waals surface area contributed by atoms with Gasteiger partial charge in [0.15, 0.2) is 10.9 Å². The minimum Gasteiger partial charge on any atom is -0.381 e. The van der Waals surface area contributed by atoms with Crippen molar-refractivity contribution < 1.29 is 4.74 Å². The summed E-state index contributed by atoms with van der Waals surface area (Å²) in [7, 11) is 0. The number of thiazole rings is 1. The van der Waals surface area contributed by atoms with Crippen molar-refractivity contribution in [2.45, 2.75) is 0 Å². The Morgan fingerprint density at radius 2 is 2.21 bits per heavy atom. The molecule has 0 radical (unpaired) electrons. The van der Waals surface area contributed by atoms with E-state index in [9.17, 15) is 4.91 Å². The highest BCUT2D eigenvalue weighted by Crippen LogP contribution is 2.35. The van der Waals surface area contributed by atoms with Crippen LogP contribution in [0, 0.1) is 4.91 Å². The lowest BCUT2D eigenvalue weighted by Crippen LogP contribution is -2.36. The maximum Gasteiger partial charge on any atom is 0.206 e. The van der Waals surface area contributed by atoms with E-state index in [-0.39, 0.29) is 10.8 Å². The quantitative estimate of drug-likeness (QED) is 0.741. The number of rotatable bonds is 2. The van der Waals surface area contributed by atoms with E-state index in [4.69, 9.17) is 10.5 Å². The SMILES string of the molecule is Nc1nc(N2CCOCC2)sc1N=O. The van der Waals surface area contributed by atoms with E-state index < -0.39 is 0 Å². The Labute approximate surface area is 84.7 Å². The first kappa shape index (κ1) is 9.35. The van der Waals surface area contributed by atoms with Gasteiger partial charge in [-0.25, -0.2) is 4.98 Å². The molecule has 0 aliphatic carbocycles. The molecule has 0 atom stereocenters. The lowest BCUT2D eigenvalue weighted by Gasteiger charge is -2.25. The largest absolute Gasteiger partial charge is 0.381 e. The lowest BCUT2D eigenvalue weighted by atomic mass is 10.5. The summed E-state index contributed by atoms with van der Waals surface area (Å²) in [5.74, 6) is 0.214. The van der Waals surface area contributed by atoms with Gasteiger partial charge >= 0.3 is 0 Å². The van der Waals surface area contributed by atoms with Gasteiger partial charge in [0.2, 0.25) is 5.00 Å². The lowest BCUT2D eigenvalue weighted by molar-refractivity contribution is 0.122. The second-order valence-corrected chi connectivity index (χ2v) is 3.83. The summed E-state index contributed by atoms with van der Waals surface area (Å²) in [6.45, 7) is 2.93. The Morgan fingerprint density at radius 1 is 1.50 bits per heavy atom. The van der Waals surface area contributed by atoms with Gasteiger partial charge in [0, 0.05) is 13.1 Å². The summed E-state index contributed by atoms with van der Waals surface area (Å²) in [5, 5.41) is 3.82. The van der Waals surface area contributed by atoms with Crippen LogP contribution in [0.15, 0.2) is 5.18 Å². The van der Waals surface area contributed by atoms with Gasteiger partial charge in [-0.05, 0) is 5.18 Å². The van der Waals surface area contributed by atoms with Crippen LogP contribution in [0.25, 0.3) is 0 Å². The first-order valence-corrected chi connectivity index (χ1v) is 5.05. The molecular weight excluding hydrogens is 204 g/mol. The van der Waals surface area contributed by atoms with Crippen LogP contribution >= 0.6 is 11.3 Å². The van der Waals surface area contributed by atoms with Crippen molar-refractivity contribution in [3.05, 3.63) is 4.91 Å². The molecule has 14 heavy (non-hydrogen) atoms. The average Bonchev–Trinajstić information content (AvgIpc) is 2.61. The van der Waals surface area contributed by atoms with Gasteiger partial charge in [0.25, 0.3) is 0 Å². The van der Waals surface area contributed by atoms with Crippen LogP contribution in [0.1, 0.15) is 0 Å². The van der Waals surface area contributed by atoms with Crippen molar-refractivity contribution in [2.24, 2.45) is 5.18 Å². The van der Waals surface area contributed by atoms with Gasteiger partial charge in [0.05, 0.1) is 13.2 Å². The Bertz CT molecular complexity index is 334. The van der Waals surface area contributed by atoms with E-state index in [1.165, 1.54) is 11.3 Å². The summed E-state index contributed by atoms with van der Waals surface area (Å²) in [4.78, 5) is 16.4. The number of ether oxygens (including phenoxy) is 1. The molecular formula is C7H10N4O2S. The molecule has 7 heteroatoms. The number of anilines is 2. The third-order valence-corrected chi connectivity index (χ3v) is 3.00. The van der Waals surface area contributed by atoms with Crippen LogP contribution in [0.2, 0.25) is 0 Å². The molecule has 76 valence electrons. The summed E-state index contributed by atoms with van der Waals surface area (Å²) in [6, 6.07) is 0. The van der Waals surface area contributed by atoms with Crippen molar-refractivity contribution in [3.8, 4) is 0 Å². The number of hydrogen-bond acceptors (Lipinski definition) is 7. The maximum atomic E-state index is 10.3. The fourth-order valence-corrected chi connectivity index (χ4v) is 2.08. The molecule has 1 aliphatic rings. The number of nitrogen functional groups attached to an aromatic ring is 1. The number of nitrogens with zero attached hydrogens (tertiary/aromatic N) is 3. The molecule has 2 heterocycles. The van der Waals surface area contributed by atoms with Gasteiger partial charge in [-0.3, -0.25) is 0 Å². The standard InChI is InChI=1S/C7H10N4O2S/c8-5-6(10-12)14-7(9-5)11-1-3-13-4-2-11/h1-4,8H2. The van der Waals surface area contributed by atoms with Gasteiger partial charge in [-0.15, -0.1) is 4.91 Å². The van der Waals surface area contributed by atoms with Crippen LogP contribution < -0.4 is 10.6 Å². The topological polar surface area (TPSA) is 80.8 Å². The Morgan fingerprint density at radius 3 is 2.79 bits per heavy atom. The Balaban J connectivity index is 2.18. The van der Waals surface area contributed by atoms with Crippen molar-refractivity contribution in [3.63, 3.8) is 0 Å². The maximum absolute atomic E-state index is 10.3. The van der Waals surface area contributed by atoms with Crippen LogP contribution in [0.4, 0.5) is 16.0 Å². The minimum atomic E-state index is 0.214. The molecule has 0 saturated carbocycles. The van der Waals surface area contributed by atoms with E-state index in [1.807, 2.05) is 4.90 Å². The minimum absolute atomic E-state index is 0.214. The second kappa shape index (κ2) is 3.89. The van der Waals surface area contributed by atoms with E-state index >= 15 is 0 Å². The molecule has 1 fully saturated rings. The van der Waals surface area contributed by atoms with Crippen molar-refractivity contribution in [2.75, 3.05) is 36.9 Å². The highest BCUT2D eigenvalue weighted by Gasteiger charge is 2.17. The fourth-order valence-electron chi connectivity index (χ4n) is 1.27. The predicted octanol–water partition coefficient (Wildman–Crippen LogP) is 0.960. The molecule has 0 aromatic carbocycles. The fraction of sp³-hybridized carbons (Fsp3) is 0.571. The number of nitroso groups, excluding NO2 is 1. The van der Waals surface area contributed by atoms with E-state index in [2.05, 4.69) is 10.2 Å². The summed E-state index contributed by atoms with van der Waals surface area (Å²) < 4.78 is 5.20. The van der Waals surface area contributed by atoms with Crippen molar-refractivity contribution >= 4 is 27.3 Å². The average molecular weight is 214 g/mol. The molecule has 0 unspecified atom stereocenters. The Hall–Kier alpha value is -1.21. The normalized spacial score (nSPS) is 17.0. The van der Waals surface area contributed by atoms with Crippen LogP contribution in [-0.4, -0.2) is 31.3 Å². The highest BCUT2D eigenvalue weighted by atomic mass is 32.1. The molecule has 6 nitrogen and oxygen atoms in total. The molecule has 1 aliphatic heterocycles. The first-order chi connectivity index (χ1) is 6.81. The number of morpholine rings is 1. The van der Waals surface area contributed by atoms with E-state index in [0.717, 1.165) is 18.2 Å². The van der Waals surface area contributed by atoms with Gasteiger partial charge in [-0.1, -0.05) is 11.3 Å². The summed E-state index contributed by atoms with van der Waals surface area (Å²) in [5.41, 5.74) is 5.51. The van der Waals surface area contributed by atoms with Crippen LogP contribution in [0.5, 0.6) is 0 Å². The van der Waals surface area contributed by atoms with Gasteiger partial charge < -0.3 is 15.4 Å². The number of nitrogens with two attached hydrogens (primary N) is 1. The molecule has 2 rings (SSSR count). The molecule has 0 bridgehead atoms. The Kier molecular flexibility index (Phi) is 2.60. The zero-order valence-electron chi connectivity index (χ0n) is 7.47. The predicted molar refractivity (Wildman–Crippen MR) is 55.0 cm³/mol. The van der Waals surface area contributed by atoms with Crippen molar-refractivity contribution in [1.29, 1.82) is 0 Å². The second-order valence-electron chi connectivity index (χ2n) is 2.88. The van der Waals surface area contributed by atoms with E-state index in [0.29, 0.717) is 13.2 Å².